The van der Waals surface area contributed by atoms with Gasteiger partial charge in [0.1, 0.15) is 12.1 Å². The van der Waals surface area contributed by atoms with Crippen LogP contribution < -0.4 is 11.1 Å². The predicted octanol–water partition coefficient (Wildman–Crippen LogP) is -0.912. The lowest BCUT2D eigenvalue weighted by molar-refractivity contribution is -0.440. The lowest BCUT2D eigenvalue weighted by Crippen LogP contribution is -2.68. The molecule has 148 valence electrons. The predicted molar refractivity (Wildman–Crippen MR) is 95.6 cm³/mol. The van der Waals surface area contributed by atoms with Gasteiger partial charge in [0.25, 0.3) is 0 Å². The highest BCUT2D eigenvalue weighted by Gasteiger charge is 2.30. The second-order valence-electron chi connectivity index (χ2n) is 7.06. The maximum absolute atomic E-state index is 12.5. The minimum atomic E-state index is -0.804. The van der Waals surface area contributed by atoms with Gasteiger partial charge in [0.05, 0.1) is 19.1 Å². The van der Waals surface area contributed by atoms with Gasteiger partial charge in [-0.15, -0.1) is 0 Å². The largest absolute Gasteiger partial charge is 0.463 e. The fourth-order valence-electron chi connectivity index (χ4n) is 2.91. The minimum Gasteiger partial charge on any atom is -0.463 e. The van der Waals surface area contributed by atoms with E-state index < -0.39 is 18.0 Å². The van der Waals surface area contributed by atoms with Crippen molar-refractivity contribution < 1.29 is 30.0 Å². The molecule has 0 aromatic rings. The summed E-state index contributed by atoms with van der Waals surface area (Å²) in [7, 11) is 0. The van der Waals surface area contributed by atoms with Gasteiger partial charge in [-0.05, 0) is 19.3 Å². The molecular weight excluding hydrogens is 338 g/mol. The lowest BCUT2D eigenvalue weighted by Gasteiger charge is -2.28. The van der Waals surface area contributed by atoms with E-state index in [4.69, 9.17) is 4.74 Å². The van der Waals surface area contributed by atoms with E-state index in [1.54, 1.807) is 6.92 Å². The topological polar surface area (TPSA) is 124 Å². The molecule has 5 N–H and O–H groups in total. The molecule has 26 heavy (non-hydrogen) atoms. The summed E-state index contributed by atoms with van der Waals surface area (Å²) in [6.07, 6.45) is 2.75. The first-order valence-corrected chi connectivity index (χ1v) is 9.17. The number of nitrogens with zero attached hydrogens (tertiary/aromatic N) is 1. The van der Waals surface area contributed by atoms with Gasteiger partial charge in [-0.2, -0.15) is 0 Å². The van der Waals surface area contributed by atoms with Crippen molar-refractivity contribution in [2.24, 2.45) is 11.8 Å². The summed E-state index contributed by atoms with van der Waals surface area (Å²) in [5, 5.41) is 13.2. The number of carbonyl (C=O) groups excluding carboxylic acids is 3. The Morgan fingerprint density at radius 3 is 2.65 bits per heavy atom. The van der Waals surface area contributed by atoms with Gasteiger partial charge < -0.3 is 25.8 Å². The monoisotopic (exact) mass is 370 g/mol. The summed E-state index contributed by atoms with van der Waals surface area (Å²) in [6, 6.07) is -0.225. The molecule has 0 spiro atoms. The zero-order chi connectivity index (χ0) is 19.7. The van der Waals surface area contributed by atoms with Crippen LogP contribution in [0.5, 0.6) is 0 Å². The molecule has 0 bridgehead atoms. The molecule has 1 rings (SSSR count). The fraction of sp³-hybridized carbons (Fsp3) is 0.722. The Morgan fingerprint density at radius 2 is 2.12 bits per heavy atom. The zero-order valence-electron chi connectivity index (χ0n) is 15.9. The average Bonchev–Trinajstić information content (AvgIpc) is 2.96. The number of aliphatic hydroxyl groups excluding tert-OH is 1. The molecule has 1 saturated heterocycles. The number of rotatable bonds is 10. The van der Waals surface area contributed by atoms with Crippen LogP contribution in [-0.2, 0) is 19.1 Å². The fourth-order valence-corrected chi connectivity index (χ4v) is 2.91. The summed E-state index contributed by atoms with van der Waals surface area (Å²) in [6.45, 7) is 6.83. The van der Waals surface area contributed by atoms with E-state index in [9.17, 15) is 19.5 Å². The molecule has 0 unspecified atom stereocenters. The molecule has 1 aliphatic heterocycles. The maximum Gasteiger partial charge on any atom is 0.330 e. The van der Waals surface area contributed by atoms with Crippen LogP contribution >= 0.6 is 0 Å². The van der Waals surface area contributed by atoms with Crippen LogP contribution in [0.25, 0.3) is 0 Å². The van der Waals surface area contributed by atoms with Crippen molar-refractivity contribution in [1.29, 1.82) is 0 Å². The van der Waals surface area contributed by atoms with Crippen LogP contribution in [0.15, 0.2) is 12.2 Å². The molecule has 0 aromatic heterocycles. The molecule has 8 heteroatoms. The number of ether oxygens (including phenoxy) is 1. The van der Waals surface area contributed by atoms with E-state index in [1.807, 2.05) is 13.8 Å². The first kappa shape index (κ1) is 22.1. The van der Waals surface area contributed by atoms with Crippen LogP contribution in [0.1, 0.15) is 33.6 Å². The number of hydrogen-bond acceptors (Lipinski definition) is 5. The number of nitrogens with one attached hydrogen (secondary N) is 1. The summed E-state index contributed by atoms with van der Waals surface area (Å²) >= 11 is 0. The number of esters is 1. The van der Waals surface area contributed by atoms with Crippen molar-refractivity contribution >= 4 is 17.8 Å². The lowest BCUT2D eigenvalue weighted by atomic mass is 9.99. The highest BCUT2D eigenvalue weighted by atomic mass is 16.5. The van der Waals surface area contributed by atoms with E-state index in [1.165, 1.54) is 4.90 Å². The van der Waals surface area contributed by atoms with Crippen LogP contribution in [0.3, 0.4) is 0 Å². The summed E-state index contributed by atoms with van der Waals surface area (Å²) in [5.74, 6) is -1.07. The van der Waals surface area contributed by atoms with Crippen LogP contribution in [-0.4, -0.2) is 66.2 Å². The van der Waals surface area contributed by atoms with Crippen LogP contribution in [0.4, 0.5) is 0 Å². The third kappa shape index (κ3) is 7.53. The van der Waals surface area contributed by atoms with E-state index >= 15 is 0 Å². The number of hydrogen-bond donors (Lipinski definition) is 3. The Hall–Kier alpha value is -1.93. The van der Waals surface area contributed by atoms with Gasteiger partial charge in [0.2, 0.25) is 11.8 Å². The van der Waals surface area contributed by atoms with Crippen molar-refractivity contribution in [2.75, 3.05) is 26.2 Å². The SMILES string of the molecule is CCOC(=O)/C=C/C(=O)N(C[C@@H]1CCNC1=O)C[C@@H](O)[C@@H]([NH3+])CC(C)C. The smallest absolute Gasteiger partial charge is 0.330 e. The number of carbonyl (C=O) groups is 3. The van der Waals surface area contributed by atoms with Gasteiger partial charge in [-0.1, -0.05) is 13.8 Å². The molecule has 0 aromatic carbocycles. The van der Waals surface area contributed by atoms with Crippen molar-refractivity contribution in [3.05, 3.63) is 12.2 Å². The molecule has 8 nitrogen and oxygen atoms in total. The quantitative estimate of drug-likeness (QED) is 0.339. The van der Waals surface area contributed by atoms with Crippen molar-refractivity contribution in [1.82, 2.24) is 10.2 Å². The highest BCUT2D eigenvalue weighted by molar-refractivity contribution is 5.94. The van der Waals surface area contributed by atoms with Crippen molar-refractivity contribution in [3.63, 3.8) is 0 Å². The van der Waals surface area contributed by atoms with Gasteiger partial charge in [-0.25, -0.2) is 4.79 Å². The van der Waals surface area contributed by atoms with Crippen molar-refractivity contribution in [3.8, 4) is 0 Å². The molecule has 1 fully saturated rings. The van der Waals surface area contributed by atoms with Gasteiger partial charge in [0.15, 0.2) is 0 Å². The molecule has 1 aliphatic rings. The average molecular weight is 370 g/mol. The minimum absolute atomic E-state index is 0.0661. The summed E-state index contributed by atoms with van der Waals surface area (Å²) in [5.41, 5.74) is 3.98. The van der Waals surface area contributed by atoms with Crippen LogP contribution in [0.2, 0.25) is 0 Å². The van der Waals surface area contributed by atoms with Crippen molar-refractivity contribution in [2.45, 2.75) is 45.8 Å². The normalized spacial score (nSPS) is 19.5. The number of quaternary nitrogens is 1. The third-order valence-corrected chi connectivity index (χ3v) is 4.29. The zero-order valence-corrected chi connectivity index (χ0v) is 15.9. The Balaban J connectivity index is 2.78. The van der Waals surface area contributed by atoms with Gasteiger partial charge in [-0.3, -0.25) is 9.59 Å². The Kier molecular flexibility index (Phi) is 9.29. The Morgan fingerprint density at radius 1 is 1.42 bits per heavy atom. The number of aliphatic hydroxyl groups is 1. The molecule has 3 atom stereocenters. The Labute approximate surface area is 154 Å². The summed E-state index contributed by atoms with van der Waals surface area (Å²) in [4.78, 5) is 37.2. The maximum atomic E-state index is 12.5. The van der Waals surface area contributed by atoms with Gasteiger partial charge in [0, 0.05) is 31.7 Å². The molecular formula is C18H32N3O5+. The highest BCUT2D eigenvalue weighted by Crippen LogP contribution is 2.14. The molecule has 1 heterocycles. The number of amides is 2. The molecule has 0 radical (unpaired) electrons. The van der Waals surface area contributed by atoms with Crippen LogP contribution in [0, 0.1) is 11.8 Å². The van der Waals surface area contributed by atoms with Gasteiger partial charge >= 0.3 is 5.97 Å². The van der Waals surface area contributed by atoms with E-state index in [-0.39, 0.29) is 37.6 Å². The van der Waals surface area contributed by atoms with E-state index in [0.29, 0.717) is 18.9 Å². The first-order valence-electron chi connectivity index (χ1n) is 9.17. The summed E-state index contributed by atoms with van der Waals surface area (Å²) < 4.78 is 4.77. The second kappa shape index (κ2) is 10.9. The second-order valence-corrected chi connectivity index (χ2v) is 7.06. The third-order valence-electron chi connectivity index (χ3n) is 4.29. The first-order chi connectivity index (χ1) is 12.2. The van der Waals surface area contributed by atoms with E-state index in [2.05, 4.69) is 11.1 Å². The molecule has 0 aliphatic carbocycles. The Bertz CT molecular complexity index is 521. The van der Waals surface area contributed by atoms with E-state index in [0.717, 1.165) is 18.6 Å². The standard InChI is InChI=1S/C18H31N3O5/c1-4-26-17(24)6-5-16(23)21(10-13-7-8-20-18(13)25)11-15(22)14(19)9-12(2)3/h5-6,12-15,22H,4,7-11,19H2,1-3H3,(H,20,25)/p+1/b6-5+/t13-,14-,15+/m0/s1. The molecule has 0 saturated carbocycles. The molecule has 2 amide bonds.